The second-order valence-corrected chi connectivity index (χ2v) is 5.50. The zero-order chi connectivity index (χ0) is 13.6. The molecule has 1 rings (SSSR count). The molecule has 0 aliphatic rings. The topological polar surface area (TPSA) is 12.0 Å². The second-order valence-electron chi connectivity index (χ2n) is 4.34. The highest BCUT2D eigenvalue weighted by molar-refractivity contribution is 7.99. The summed E-state index contributed by atoms with van der Waals surface area (Å²) in [6.07, 6.45) is -3.31. The monoisotopic (exact) mass is 277 g/mol. The van der Waals surface area contributed by atoms with E-state index in [4.69, 9.17) is 0 Å². The van der Waals surface area contributed by atoms with Crippen LogP contribution in [-0.2, 0) is 6.18 Å². The first-order valence-electron chi connectivity index (χ1n) is 5.93. The number of hydrogen-bond donors (Lipinski definition) is 1. The quantitative estimate of drug-likeness (QED) is 0.618. The smallest absolute Gasteiger partial charge is 0.315 e. The highest BCUT2D eigenvalue weighted by Crippen LogP contribution is 2.31. The molecule has 5 heteroatoms. The van der Waals surface area contributed by atoms with E-state index >= 15 is 0 Å². The van der Waals surface area contributed by atoms with Crippen LogP contribution < -0.4 is 5.32 Å². The van der Waals surface area contributed by atoms with Gasteiger partial charge in [-0.05, 0) is 36.9 Å². The summed E-state index contributed by atoms with van der Waals surface area (Å²) in [7, 11) is 0. The molecule has 0 saturated heterocycles. The molecule has 1 aromatic carbocycles. The Hall–Kier alpha value is -0.680. The number of hydrogen-bond acceptors (Lipinski definition) is 2. The first kappa shape index (κ1) is 15.4. The molecular formula is C13H18F3NS. The average Bonchev–Trinajstić information content (AvgIpc) is 2.27. The molecule has 0 fully saturated rings. The Morgan fingerprint density at radius 2 is 2.00 bits per heavy atom. The van der Waals surface area contributed by atoms with Crippen LogP contribution >= 0.6 is 11.8 Å². The van der Waals surface area contributed by atoms with Gasteiger partial charge in [-0.15, -0.1) is 11.8 Å². The third kappa shape index (κ3) is 5.78. The maximum atomic E-state index is 12.5. The van der Waals surface area contributed by atoms with Gasteiger partial charge in [0, 0.05) is 10.9 Å². The van der Waals surface area contributed by atoms with Gasteiger partial charge < -0.3 is 5.32 Å². The molecule has 1 nitrogen and oxygen atoms in total. The van der Waals surface area contributed by atoms with Crippen LogP contribution in [0.15, 0.2) is 29.2 Å². The van der Waals surface area contributed by atoms with E-state index in [-0.39, 0.29) is 0 Å². The maximum Gasteiger partial charge on any atom is 0.416 e. The molecule has 0 spiro atoms. The summed E-state index contributed by atoms with van der Waals surface area (Å²) in [4.78, 5) is 0.675. The molecule has 0 aromatic heterocycles. The summed E-state index contributed by atoms with van der Waals surface area (Å²) >= 11 is 1.46. The Morgan fingerprint density at radius 1 is 1.28 bits per heavy atom. The van der Waals surface area contributed by atoms with Gasteiger partial charge in [-0.1, -0.05) is 19.9 Å². The van der Waals surface area contributed by atoms with E-state index in [1.54, 1.807) is 6.07 Å². The van der Waals surface area contributed by atoms with E-state index in [9.17, 15) is 13.2 Å². The van der Waals surface area contributed by atoms with E-state index in [0.29, 0.717) is 10.9 Å². The summed E-state index contributed by atoms with van der Waals surface area (Å²) in [5.74, 6) is 0.820. The second kappa shape index (κ2) is 7.04. The van der Waals surface area contributed by atoms with Crippen molar-refractivity contribution >= 4 is 11.8 Å². The number of thioether (sulfide) groups is 1. The van der Waals surface area contributed by atoms with Crippen molar-refractivity contribution in [3.05, 3.63) is 29.8 Å². The molecular weight excluding hydrogens is 259 g/mol. The predicted molar refractivity (Wildman–Crippen MR) is 69.9 cm³/mol. The number of alkyl halides is 3. The highest BCUT2D eigenvalue weighted by Gasteiger charge is 2.30. The zero-order valence-corrected chi connectivity index (χ0v) is 11.4. The SMILES string of the molecule is CC(C)NCCCSc1cccc(C(F)(F)F)c1. The van der Waals surface area contributed by atoms with Crippen molar-refractivity contribution in [2.24, 2.45) is 0 Å². The Labute approximate surface area is 110 Å². The van der Waals surface area contributed by atoms with Crippen molar-refractivity contribution in [2.75, 3.05) is 12.3 Å². The van der Waals surface area contributed by atoms with Crippen molar-refractivity contribution in [1.29, 1.82) is 0 Å². The molecule has 0 aliphatic carbocycles. The van der Waals surface area contributed by atoms with Crippen LogP contribution in [0.3, 0.4) is 0 Å². The molecule has 0 atom stereocenters. The summed E-state index contributed by atoms with van der Waals surface area (Å²) in [6, 6.07) is 5.93. The molecule has 0 bridgehead atoms. The average molecular weight is 277 g/mol. The van der Waals surface area contributed by atoms with Crippen molar-refractivity contribution < 1.29 is 13.2 Å². The Morgan fingerprint density at radius 3 is 2.61 bits per heavy atom. The van der Waals surface area contributed by atoms with E-state index in [1.165, 1.54) is 23.9 Å². The summed E-state index contributed by atoms with van der Waals surface area (Å²) < 4.78 is 37.4. The number of nitrogens with one attached hydrogen (secondary N) is 1. The number of rotatable bonds is 6. The lowest BCUT2D eigenvalue weighted by Gasteiger charge is -2.09. The van der Waals surface area contributed by atoms with Crippen molar-refractivity contribution in [1.82, 2.24) is 5.32 Å². The molecule has 102 valence electrons. The van der Waals surface area contributed by atoms with Gasteiger partial charge in [0.2, 0.25) is 0 Å². The summed E-state index contributed by atoms with van der Waals surface area (Å²) in [6.45, 7) is 5.03. The minimum absolute atomic E-state index is 0.448. The van der Waals surface area contributed by atoms with Crippen LogP contribution in [0.4, 0.5) is 13.2 Å². The molecule has 0 heterocycles. The first-order chi connectivity index (χ1) is 8.39. The third-order valence-corrected chi connectivity index (χ3v) is 3.38. The van der Waals surface area contributed by atoms with Crippen LogP contribution in [0.1, 0.15) is 25.8 Å². The highest BCUT2D eigenvalue weighted by atomic mass is 32.2. The van der Waals surface area contributed by atoms with Crippen LogP contribution in [-0.4, -0.2) is 18.3 Å². The summed E-state index contributed by atoms with van der Waals surface area (Å²) in [5.41, 5.74) is -0.576. The van der Waals surface area contributed by atoms with Gasteiger partial charge in [-0.2, -0.15) is 13.2 Å². The largest absolute Gasteiger partial charge is 0.416 e. The van der Waals surface area contributed by atoms with Crippen LogP contribution in [0, 0.1) is 0 Å². The van der Waals surface area contributed by atoms with E-state index in [1.807, 2.05) is 0 Å². The Balaban J connectivity index is 2.39. The lowest BCUT2D eigenvalue weighted by molar-refractivity contribution is -0.137. The van der Waals surface area contributed by atoms with Crippen molar-refractivity contribution in [3.63, 3.8) is 0 Å². The van der Waals surface area contributed by atoms with Gasteiger partial charge in [0.05, 0.1) is 5.56 Å². The van der Waals surface area contributed by atoms with Crippen molar-refractivity contribution in [2.45, 2.75) is 37.4 Å². The fourth-order valence-electron chi connectivity index (χ4n) is 1.42. The van der Waals surface area contributed by atoms with Crippen molar-refractivity contribution in [3.8, 4) is 0 Å². The van der Waals surface area contributed by atoms with E-state index in [0.717, 1.165) is 24.8 Å². The lowest BCUT2D eigenvalue weighted by Crippen LogP contribution is -2.23. The first-order valence-corrected chi connectivity index (χ1v) is 6.91. The lowest BCUT2D eigenvalue weighted by atomic mass is 10.2. The molecule has 0 radical (unpaired) electrons. The fraction of sp³-hybridized carbons (Fsp3) is 0.538. The van der Waals surface area contributed by atoms with Crippen LogP contribution in [0.2, 0.25) is 0 Å². The fourth-order valence-corrected chi connectivity index (χ4v) is 2.32. The van der Waals surface area contributed by atoms with Crippen LogP contribution in [0.5, 0.6) is 0 Å². The molecule has 1 N–H and O–H groups in total. The molecule has 0 saturated carbocycles. The molecule has 18 heavy (non-hydrogen) atoms. The van der Waals surface area contributed by atoms with Gasteiger partial charge in [-0.3, -0.25) is 0 Å². The zero-order valence-electron chi connectivity index (χ0n) is 10.6. The standard InChI is InChI=1S/C13H18F3NS/c1-10(2)17-7-4-8-18-12-6-3-5-11(9-12)13(14,15)16/h3,5-6,9-10,17H,4,7-8H2,1-2H3. The van der Waals surface area contributed by atoms with E-state index in [2.05, 4.69) is 19.2 Å². The third-order valence-electron chi connectivity index (χ3n) is 2.30. The van der Waals surface area contributed by atoms with Gasteiger partial charge in [-0.25, -0.2) is 0 Å². The van der Waals surface area contributed by atoms with E-state index < -0.39 is 11.7 Å². The van der Waals surface area contributed by atoms with Gasteiger partial charge in [0.25, 0.3) is 0 Å². The van der Waals surface area contributed by atoms with Gasteiger partial charge in [0.1, 0.15) is 0 Å². The van der Waals surface area contributed by atoms with Gasteiger partial charge in [0.15, 0.2) is 0 Å². The number of halogens is 3. The Kier molecular flexibility index (Phi) is 6.02. The molecule has 1 aromatic rings. The summed E-state index contributed by atoms with van der Waals surface area (Å²) in [5, 5.41) is 3.27. The molecule has 0 unspecified atom stereocenters. The minimum Gasteiger partial charge on any atom is -0.315 e. The molecule has 0 amide bonds. The maximum absolute atomic E-state index is 12.5. The minimum atomic E-state index is -4.25. The predicted octanol–water partition coefficient (Wildman–Crippen LogP) is 4.19. The molecule has 0 aliphatic heterocycles. The number of benzene rings is 1. The van der Waals surface area contributed by atoms with Crippen LogP contribution in [0.25, 0.3) is 0 Å². The van der Waals surface area contributed by atoms with Gasteiger partial charge >= 0.3 is 6.18 Å². The Bertz CT molecular complexity index is 363. The normalized spacial score (nSPS) is 12.1.